The fourth-order valence-corrected chi connectivity index (χ4v) is 5.33. The maximum atomic E-state index is 12.4. The highest BCUT2D eigenvalue weighted by atomic mass is 32.2. The minimum Gasteiger partial charge on any atom is -0.379 e. The largest absolute Gasteiger partial charge is 0.379 e. The number of hydrogen-bond acceptors (Lipinski definition) is 5. The zero-order valence-corrected chi connectivity index (χ0v) is 14.9. The smallest absolute Gasteiger partial charge is 0.223 e. The Balaban J connectivity index is 1.68. The average molecular weight is 340 g/mol. The van der Waals surface area contributed by atoms with Gasteiger partial charge in [0.2, 0.25) is 5.91 Å². The highest BCUT2D eigenvalue weighted by molar-refractivity contribution is 8.14. The maximum Gasteiger partial charge on any atom is 0.223 e. The molecule has 3 rings (SSSR count). The van der Waals surface area contributed by atoms with Crippen molar-refractivity contribution < 1.29 is 14.3 Å². The van der Waals surface area contributed by atoms with Crippen LogP contribution in [0.4, 0.5) is 0 Å². The van der Waals surface area contributed by atoms with Crippen LogP contribution in [-0.4, -0.2) is 71.0 Å². The summed E-state index contributed by atoms with van der Waals surface area (Å²) in [7, 11) is 0. The molecule has 0 bridgehead atoms. The zero-order valence-electron chi connectivity index (χ0n) is 14.1. The van der Waals surface area contributed by atoms with Crippen LogP contribution in [0.25, 0.3) is 0 Å². The molecule has 23 heavy (non-hydrogen) atoms. The molecule has 3 fully saturated rings. The van der Waals surface area contributed by atoms with E-state index in [1.165, 1.54) is 43.9 Å². The molecule has 1 saturated carbocycles. The molecule has 0 N–H and O–H groups in total. The van der Waals surface area contributed by atoms with Gasteiger partial charge in [-0.25, -0.2) is 0 Å². The van der Waals surface area contributed by atoms with E-state index in [0.29, 0.717) is 6.42 Å². The van der Waals surface area contributed by atoms with Gasteiger partial charge in [0.05, 0.1) is 13.2 Å². The van der Waals surface area contributed by atoms with Crippen LogP contribution in [0.15, 0.2) is 0 Å². The number of hydrogen-bond donors (Lipinski definition) is 0. The Labute approximate surface area is 143 Å². The van der Waals surface area contributed by atoms with Crippen LogP contribution in [0.1, 0.15) is 45.4 Å². The molecule has 130 valence electrons. The number of ether oxygens (including phenoxy) is 1. The van der Waals surface area contributed by atoms with Gasteiger partial charge >= 0.3 is 0 Å². The van der Waals surface area contributed by atoms with Crippen molar-refractivity contribution >= 4 is 22.8 Å². The molecular formula is C17H28N2O3S. The maximum absolute atomic E-state index is 12.4. The Bertz CT molecular complexity index is 445. The third kappa shape index (κ3) is 4.09. The molecule has 0 aromatic rings. The van der Waals surface area contributed by atoms with Crippen molar-refractivity contribution in [2.45, 2.75) is 56.2 Å². The minimum absolute atomic E-state index is 0.116. The Morgan fingerprint density at radius 2 is 1.96 bits per heavy atom. The summed E-state index contributed by atoms with van der Waals surface area (Å²) in [4.78, 5) is 28.4. The van der Waals surface area contributed by atoms with Crippen molar-refractivity contribution in [1.29, 1.82) is 0 Å². The summed E-state index contributed by atoms with van der Waals surface area (Å²) in [6, 6.07) is 0. The number of rotatable bonds is 4. The Kier molecular flexibility index (Phi) is 5.65. The summed E-state index contributed by atoms with van der Waals surface area (Å²) in [6.45, 7) is 6.72. The molecule has 2 heterocycles. The van der Waals surface area contributed by atoms with Crippen LogP contribution >= 0.6 is 11.8 Å². The number of likely N-dealkylation sites (tertiary alicyclic amines) is 1. The molecule has 3 aliphatic rings. The van der Waals surface area contributed by atoms with Crippen LogP contribution in [0.5, 0.6) is 0 Å². The first-order valence-electron chi connectivity index (χ1n) is 8.87. The summed E-state index contributed by atoms with van der Waals surface area (Å²) in [5.41, 5.74) is 0.132. The molecule has 0 aromatic carbocycles. The monoisotopic (exact) mass is 340 g/mol. The fourth-order valence-electron chi connectivity index (χ4n) is 4.38. The lowest BCUT2D eigenvalue weighted by atomic mass is 9.79. The third-order valence-electron chi connectivity index (χ3n) is 5.46. The van der Waals surface area contributed by atoms with Gasteiger partial charge in [0.25, 0.3) is 0 Å². The van der Waals surface area contributed by atoms with E-state index in [1.807, 2.05) is 4.90 Å². The molecule has 1 unspecified atom stereocenters. The number of carbonyl (C=O) groups is 2. The molecule has 5 nitrogen and oxygen atoms in total. The van der Waals surface area contributed by atoms with Crippen molar-refractivity contribution in [3.63, 3.8) is 0 Å². The molecule has 6 heteroatoms. The second-order valence-corrected chi connectivity index (χ2v) is 8.57. The van der Waals surface area contributed by atoms with Gasteiger partial charge in [-0.05, 0) is 12.8 Å². The molecule has 1 amide bonds. The van der Waals surface area contributed by atoms with Gasteiger partial charge in [0.15, 0.2) is 5.12 Å². The highest BCUT2D eigenvalue weighted by Crippen LogP contribution is 2.37. The van der Waals surface area contributed by atoms with Gasteiger partial charge in [-0.2, -0.15) is 0 Å². The first-order valence-corrected chi connectivity index (χ1v) is 9.75. The lowest BCUT2D eigenvalue weighted by Gasteiger charge is -2.49. The topological polar surface area (TPSA) is 49.9 Å². The van der Waals surface area contributed by atoms with Gasteiger partial charge < -0.3 is 9.64 Å². The Hall–Kier alpha value is -0.590. The molecule has 0 radical (unpaired) electrons. The third-order valence-corrected chi connectivity index (χ3v) is 6.44. The van der Waals surface area contributed by atoms with Crippen LogP contribution in [-0.2, 0) is 14.3 Å². The van der Waals surface area contributed by atoms with Crippen LogP contribution < -0.4 is 0 Å². The van der Waals surface area contributed by atoms with Gasteiger partial charge in [-0.1, -0.05) is 31.0 Å². The van der Waals surface area contributed by atoms with E-state index in [9.17, 15) is 9.59 Å². The van der Waals surface area contributed by atoms with E-state index in [0.717, 1.165) is 39.4 Å². The molecule has 2 aliphatic heterocycles. The molecule has 2 saturated heterocycles. The number of nitrogens with zero attached hydrogens (tertiary/aromatic N) is 2. The average Bonchev–Trinajstić information content (AvgIpc) is 2.87. The second kappa shape index (κ2) is 7.53. The van der Waals surface area contributed by atoms with Crippen LogP contribution in [0.3, 0.4) is 0 Å². The van der Waals surface area contributed by atoms with E-state index in [-0.39, 0.29) is 21.8 Å². The quantitative estimate of drug-likeness (QED) is 0.782. The van der Waals surface area contributed by atoms with Crippen molar-refractivity contribution in [1.82, 2.24) is 9.80 Å². The lowest BCUT2D eigenvalue weighted by Crippen LogP contribution is -2.59. The first kappa shape index (κ1) is 17.2. The fraction of sp³-hybridized carbons (Fsp3) is 0.882. The SMILES string of the molecule is CC(=O)SC1CC(=O)N(CC2(N3CCOCC3)CCCCC2)C1. The summed E-state index contributed by atoms with van der Waals surface area (Å²) >= 11 is 1.33. The Morgan fingerprint density at radius 1 is 1.26 bits per heavy atom. The number of amides is 1. The van der Waals surface area contributed by atoms with Crippen LogP contribution in [0, 0.1) is 0 Å². The molecule has 1 atom stereocenters. The zero-order chi connectivity index (χ0) is 16.3. The second-order valence-electron chi connectivity index (χ2n) is 7.09. The van der Waals surface area contributed by atoms with Gasteiger partial charge in [0.1, 0.15) is 0 Å². The minimum atomic E-state index is 0.116. The van der Waals surface area contributed by atoms with Crippen molar-refractivity contribution in [2.24, 2.45) is 0 Å². The number of morpholine rings is 1. The summed E-state index contributed by atoms with van der Waals surface area (Å²) < 4.78 is 5.52. The lowest BCUT2D eigenvalue weighted by molar-refractivity contribution is -0.131. The molecule has 0 aromatic heterocycles. The van der Waals surface area contributed by atoms with Crippen molar-refractivity contribution in [3.05, 3.63) is 0 Å². The van der Waals surface area contributed by atoms with Gasteiger partial charge in [-0.3, -0.25) is 14.5 Å². The first-order chi connectivity index (χ1) is 11.1. The van der Waals surface area contributed by atoms with Crippen molar-refractivity contribution in [2.75, 3.05) is 39.4 Å². The van der Waals surface area contributed by atoms with E-state index in [1.54, 1.807) is 6.92 Å². The number of thioether (sulfide) groups is 1. The normalized spacial score (nSPS) is 29.0. The van der Waals surface area contributed by atoms with E-state index in [4.69, 9.17) is 4.74 Å². The van der Waals surface area contributed by atoms with Crippen molar-refractivity contribution in [3.8, 4) is 0 Å². The van der Waals surface area contributed by atoms with Gasteiger partial charge in [-0.15, -0.1) is 0 Å². The van der Waals surface area contributed by atoms with Crippen LogP contribution in [0.2, 0.25) is 0 Å². The van der Waals surface area contributed by atoms with E-state index in [2.05, 4.69) is 4.90 Å². The highest BCUT2D eigenvalue weighted by Gasteiger charge is 2.43. The summed E-state index contributed by atoms with van der Waals surface area (Å²) in [5, 5.41) is 0.260. The standard InChI is InChI=1S/C17H28N2O3S/c1-14(20)23-15-11-16(21)18(12-15)13-17(5-3-2-4-6-17)19-7-9-22-10-8-19/h15H,2-13H2,1H3. The molecule has 1 aliphatic carbocycles. The Morgan fingerprint density at radius 3 is 2.61 bits per heavy atom. The summed E-state index contributed by atoms with van der Waals surface area (Å²) in [5.74, 6) is 0.224. The molecule has 0 spiro atoms. The predicted octanol–water partition coefficient (Wildman–Crippen LogP) is 1.90. The summed E-state index contributed by atoms with van der Waals surface area (Å²) in [6.07, 6.45) is 6.70. The number of carbonyl (C=O) groups excluding carboxylic acids is 2. The van der Waals surface area contributed by atoms with E-state index < -0.39 is 0 Å². The van der Waals surface area contributed by atoms with Gasteiger partial charge in [0, 0.05) is 50.3 Å². The predicted molar refractivity (Wildman–Crippen MR) is 91.5 cm³/mol. The molecular weight excluding hydrogens is 312 g/mol. The van der Waals surface area contributed by atoms with E-state index >= 15 is 0 Å².